The number of carbonyl (C=O) groups excluding carboxylic acids is 2. The van der Waals surface area contributed by atoms with Gasteiger partial charge >= 0.3 is 12.1 Å². The highest BCUT2D eigenvalue weighted by atomic mass is 16.2. The van der Waals surface area contributed by atoms with E-state index in [2.05, 4.69) is 9.80 Å². The first kappa shape index (κ1) is 27.3. The van der Waals surface area contributed by atoms with Crippen LogP contribution in [0.4, 0.5) is 21.1 Å². The highest BCUT2D eigenvalue weighted by Crippen LogP contribution is 2.35. The zero-order valence-electron chi connectivity index (χ0n) is 23.4. The van der Waals surface area contributed by atoms with Gasteiger partial charge in [-0.15, -0.1) is 0 Å². The monoisotopic (exact) mass is 523 g/mol. The van der Waals surface area contributed by atoms with Gasteiger partial charge in [0.25, 0.3) is 0 Å². The maximum atomic E-state index is 14.6. The van der Waals surface area contributed by atoms with E-state index < -0.39 is 6.03 Å². The second kappa shape index (κ2) is 13.2. The second-order valence-electron chi connectivity index (χ2n) is 12.3. The lowest BCUT2D eigenvalue weighted by molar-refractivity contribution is 0.107. The van der Waals surface area contributed by atoms with Crippen LogP contribution in [-0.4, -0.2) is 46.1 Å². The first-order chi connectivity index (χ1) is 18.6. The average Bonchev–Trinajstić information content (AvgIpc) is 2.96. The number of aromatic nitrogens is 1. The summed E-state index contributed by atoms with van der Waals surface area (Å²) < 4.78 is 0. The normalized spacial score (nSPS) is 22.6. The Balaban J connectivity index is 1.44. The molecule has 4 saturated carbocycles. The Kier molecular flexibility index (Phi) is 9.44. The molecule has 38 heavy (non-hydrogen) atoms. The van der Waals surface area contributed by atoms with Crippen molar-refractivity contribution in [3.63, 3.8) is 0 Å². The van der Waals surface area contributed by atoms with Crippen molar-refractivity contribution in [3.8, 4) is 0 Å². The van der Waals surface area contributed by atoms with Crippen LogP contribution in [0.15, 0.2) is 18.3 Å². The standard InChI is InChI=1S/C31H49N5O2/c32-30(37)34(24-13-5-1-6-14-24)28-21-22-29(33-23-28)36(27-19-11-4-12-20-27)31(38)35(25-15-7-2-8-16-25)26-17-9-3-10-18-26/h21-27H,1-20H2,(H2,32,37). The van der Waals surface area contributed by atoms with Gasteiger partial charge in [0.1, 0.15) is 5.82 Å². The number of anilines is 2. The number of nitrogens with zero attached hydrogens (tertiary/aromatic N) is 4. The summed E-state index contributed by atoms with van der Waals surface area (Å²) in [6.07, 6.45) is 24.8. The molecule has 0 radical (unpaired) electrons. The Hall–Kier alpha value is -2.31. The minimum atomic E-state index is -0.410. The number of hydrogen-bond acceptors (Lipinski definition) is 3. The number of rotatable bonds is 6. The first-order valence-corrected chi connectivity index (χ1v) is 15.8. The molecular weight excluding hydrogens is 474 g/mol. The molecule has 4 amide bonds. The summed E-state index contributed by atoms with van der Waals surface area (Å²) in [5, 5.41) is 0. The topological polar surface area (TPSA) is 82.8 Å². The Bertz CT molecular complexity index is 879. The average molecular weight is 524 g/mol. The number of urea groups is 2. The quantitative estimate of drug-likeness (QED) is 0.418. The van der Waals surface area contributed by atoms with E-state index in [0.29, 0.717) is 12.1 Å². The van der Waals surface area contributed by atoms with Crippen LogP contribution in [-0.2, 0) is 0 Å². The van der Waals surface area contributed by atoms with Gasteiger partial charge in [0.15, 0.2) is 0 Å². The summed E-state index contributed by atoms with van der Waals surface area (Å²) in [6, 6.07) is 4.73. The Labute approximate surface area is 229 Å². The van der Waals surface area contributed by atoms with Crippen molar-refractivity contribution in [3.05, 3.63) is 18.3 Å². The van der Waals surface area contributed by atoms with Crippen molar-refractivity contribution in [1.29, 1.82) is 0 Å². The number of hydrogen-bond donors (Lipinski definition) is 1. The molecule has 1 aromatic heterocycles. The summed E-state index contributed by atoms with van der Waals surface area (Å²) in [5.41, 5.74) is 6.61. The third kappa shape index (κ3) is 6.28. The maximum absolute atomic E-state index is 14.6. The van der Waals surface area contributed by atoms with Gasteiger partial charge in [-0.05, 0) is 63.5 Å². The van der Waals surface area contributed by atoms with Crippen LogP contribution >= 0.6 is 0 Å². The Morgan fingerprint density at radius 1 is 0.605 bits per heavy atom. The summed E-state index contributed by atoms with van der Waals surface area (Å²) in [6.45, 7) is 0. The van der Waals surface area contributed by atoms with Crippen molar-refractivity contribution in [2.45, 2.75) is 153 Å². The molecule has 210 valence electrons. The fourth-order valence-electron chi connectivity index (χ4n) is 7.75. The molecule has 7 heteroatoms. The molecule has 1 heterocycles. The number of carbonyl (C=O) groups is 2. The molecule has 0 aliphatic heterocycles. The molecule has 2 N–H and O–H groups in total. The van der Waals surface area contributed by atoms with E-state index in [1.54, 1.807) is 11.1 Å². The van der Waals surface area contributed by atoms with E-state index in [4.69, 9.17) is 10.7 Å². The molecule has 0 aromatic carbocycles. The zero-order chi connectivity index (χ0) is 26.3. The lowest BCUT2D eigenvalue weighted by Crippen LogP contribution is -2.57. The zero-order valence-corrected chi connectivity index (χ0v) is 23.4. The van der Waals surface area contributed by atoms with E-state index in [1.807, 2.05) is 12.1 Å². The van der Waals surface area contributed by atoms with Crippen molar-refractivity contribution in [2.75, 3.05) is 9.80 Å². The van der Waals surface area contributed by atoms with Gasteiger partial charge in [0.2, 0.25) is 0 Å². The smallest absolute Gasteiger partial charge is 0.326 e. The highest BCUT2D eigenvalue weighted by Gasteiger charge is 2.38. The van der Waals surface area contributed by atoms with Crippen LogP contribution in [0.3, 0.4) is 0 Å². The van der Waals surface area contributed by atoms with Crippen LogP contribution in [0, 0.1) is 0 Å². The molecule has 0 unspecified atom stereocenters. The predicted molar refractivity (Wildman–Crippen MR) is 154 cm³/mol. The molecular formula is C31H49N5O2. The molecule has 1 aromatic rings. The molecule has 7 nitrogen and oxygen atoms in total. The van der Waals surface area contributed by atoms with Gasteiger partial charge in [0, 0.05) is 24.2 Å². The number of primary amides is 1. The van der Waals surface area contributed by atoms with E-state index in [-0.39, 0.29) is 18.1 Å². The second-order valence-corrected chi connectivity index (χ2v) is 12.3. The minimum absolute atomic E-state index is 0.137. The fraction of sp³-hybridized carbons (Fsp3) is 0.774. The molecule has 4 aliphatic rings. The summed E-state index contributed by atoms with van der Waals surface area (Å²) in [4.78, 5) is 38.1. The maximum Gasteiger partial charge on any atom is 0.326 e. The lowest BCUT2D eigenvalue weighted by atomic mass is 9.88. The summed E-state index contributed by atoms with van der Waals surface area (Å²) >= 11 is 0. The molecule has 0 bridgehead atoms. The predicted octanol–water partition coefficient (Wildman–Crippen LogP) is 7.53. The highest BCUT2D eigenvalue weighted by molar-refractivity contribution is 5.93. The van der Waals surface area contributed by atoms with E-state index in [0.717, 1.165) is 88.6 Å². The third-order valence-corrected chi connectivity index (χ3v) is 9.74. The van der Waals surface area contributed by atoms with E-state index in [9.17, 15) is 9.59 Å². The van der Waals surface area contributed by atoms with Gasteiger partial charge in [-0.25, -0.2) is 14.6 Å². The van der Waals surface area contributed by atoms with Gasteiger partial charge in [-0.3, -0.25) is 9.80 Å². The Morgan fingerprint density at radius 2 is 1.03 bits per heavy atom. The lowest BCUT2D eigenvalue weighted by Gasteiger charge is -2.45. The number of amides is 4. The Morgan fingerprint density at radius 3 is 1.42 bits per heavy atom. The summed E-state index contributed by atoms with van der Waals surface area (Å²) in [5.74, 6) is 0.732. The SMILES string of the molecule is NC(=O)N(c1ccc(N(C(=O)N(C2CCCCC2)C2CCCCC2)C2CCCCC2)nc1)C1CCCCC1. The van der Waals surface area contributed by atoms with Crippen molar-refractivity contribution < 1.29 is 9.59 Å². The van der Waals surface area contributed by atoms with Crippen molar-refractivity contribution in [2.24, 2.45) is 5.73 Å². The molecule has 4 fully saturated rings. The van der Waals surface area contributed by atoms with Gasteiger partial charge in [-0.2, -0.15) is 0 Å². The summed E-state index contributed by atoms with van der Waals surface area (Å²) in [7, 11) is 0. The van der Waals surface area contributed by atoms with Crippen molar-refractivity contribution in [1.82, 2.24) is 9.88 Å². The number of nitrogens with two attached hydrogens (primary N) is 1. The largest absolute Gasteiger partial charge is 0.351 e. The van der Waals surface area contributed by atoms with E-state index >= 15 is 0 Å². The van der Waals surface area contributed by atoms with Crippen LogP contribution in [0.25, 0.3) is 0 Å². The molecule has 0 saturated heterocycles. The minimum Gasteiger partial charge on any atom is -0.351 e. The number of pyridine rings is 1. The first-order valence-electron chi connectivity index (χ1n) is 15.8. The van der Waals surface area contributed by atoms with Crippen LogP contribution in [0.2, 0.25) is 0 Å². The van der Waals surface area contributed by atoms with Crippen molar-refractivity contribution >= 4 is 23.6 Å². The molecule has 0 spiro atoms. The molecule has 5 rings (SSSR count). The van der Waals surface area contributed by atoms with Crippen LogP contribution in [0.5, 0.6) is 0 Å². The molecule has 4 aliphatic carbocycles. The van der Waals surface area contributed by atoms with Crippen LogP contribution in [0.1, 0.15) is 128 Å². The van der Waals surface area contributed by atoms with E-state index in [1.165, 1.54) is 51.4 Å². The van der Waals surface area contributed by atoms with Gasteiger partial charge in [-0.1, -0.05) is 77.0 Å². The third-order valence-electron chi connectivity index (χ3n) is 9.74. The van der Waals surface area contributed by atoms with Gasteiger partial charge in [0.05, 0.1) is 11.9 Å². The van der Waals surface area contributed by atoms with Crippen LogP contribution < -0.4 is 15.5 Å². The molecule has 0 atom stereocenters. The fourth-order valence-corrected chi connectivity index (χ4v) is 7.75. The van der Waals surface area contributed by atoms with Gasteiger partial charge < -0.3 is 10.6 Å².